The Kier molecular flexibility index (Phi) is 2.92. The molecule has 3 nitrogen and oxygen atoms in total. The van der Waals surface area contributed by atoms with Crippen LogP contribution in [0.15, 0.2) is 22.9 Å². The van der Waals surface area contributed by atoms with Crippen LogP contribution in [0, 0.1) is 0 Å². The largest absolute Gasteiger partial charge is 0.346 e. The number of hydrogen-bond donors (Lipinski definition) is 1. The van der Waals surface area contributed by atoms with Gasteiger partial charge in [0.25, 0.3) is 0 Å². The minimum Gasteiger partial charge on any atom is -0.346 e. The van der Waals surface area contributed by atoms with Crippen molar-refractivity contribution in [3.05, 3.63) is 28.5 Å². The summed E-state index contributed by atoms with van der Waals surface area (Å²) >= 11 is 3.41. The van der Waals surface area contributed by atoms with Crippen molar-refractivity contribution in [2.45, 2.75) is 18.8 Å². The van der Waals surface area contributed by atoms with Crippen LogP contribution in [0.5, 0.6) is 0 Å². The molecule has 2 aromatic heterocycles. The maximum Gasteiger partial charge on any atom is 0.138 e. The summed E-state index contributed by atoms with van der Waals surface area (Å²) in [5.41, 5.74) is 2.43. The summed E-state index contributed by atoms with van der Waals surface area (Å²) in [6, 6.07) is 4.19. The van der Waals surface area contributed by atoms with E-state index in [2.05, 4.69) is 50.1 Å². The Morgan fingerprint density at radius 3 is 2.88 bits per heavy atom. The van der Waals surface area contributed by atoms with Gasteiger partial charge in [-0.3, -0.25) is 0 Å². The van der Waals surface area contributed by atoms with Crippen molar-refractivity contribution in [2.75, 3.05) is 20.1 Å². The van der Waals surface area contributed by atoms with Gasteiger partial charge in [0.1, 0.15) is 10.3 Å². The van der Waals surface area contributed by atoms with Crippen molar-refractivity contribution >= 4 is 27.0 Å². The summed E-state index contributed by atoms with van der Waals surface area (Å²) in [5, 5.41) is 1.28. The van der Waals surface area contributed by atoms with Crippen LogP contribution >= 0.6 is 15.9 Å². The minimum absolute atomic E-state index is 0.683. The third-order valence-corrected chi connectivity index (χ3v) is 4.14. The molecule has 0 atom stereocenters. The molecular weight excluding hydrogens is 278 g/mol. The standard InChI is InChI=1S/C13H16BrN3/c1-17-6-4-9(5-7-17)11-8-15-13-10(11)2-3-12(14)16-13/h2-3,8-9H,4-7H2,1H3,(H,15,16). The van der Waals surface area contributed by atoms with E-state index in [4.69, 9.17) is 0 Å². The van der Waals surface area contributed by atoms with Crippen molar-refractivity contribution in [3.63, 3.8) is 0 Å². The van der Waals surface area contributed by atoms with E-state index in [-0.39, 0.29) is 0 Å². The maximum atomic E-state index is 4.46. The second-order valence-corrected chi connectivity index (χ2v) is 5.66. The summed E-state index contributed by atoms with van der Waals surface area (Å²) in [7, 11) is 2.20. The van der Waals surface area contributed by atoms with Crippen molar-refractivity contribution < 1.29 is 0 Å². The van der Waals surface area contributed by atoms with E-state index in [0.29, 0.717) is 5.92 Å². The van der Waals surface area contributed by atoms with Crippen LogP contribution in [0.25, 0.3) is 11.0 Å². The number of halogens is 1. The average Bonchev–Trinajstić information content (AvgIpc) is 2.73. The molecule has 1 saturated heterocycles. The van der Waals surface area contributed by atoms with E-state index < -0.39 is 0 Å². The molecule has 2 aromatic rings. The summed E-state index contributed by atoms with van der Waals surface area (Å²) in [6.45, 7) is 2.39. The summed E-state index contributed by atoms with van der Waals surface area (Å²) in [4.78, 5) is 10.1. The number of aromatic amines is 1. The summed E-state index contributed by atoms with van der Waals surface area (Å²) in [5.74, 6) is 0.683. The van der Waals surface area contributed by atoms with Crippen LogP contribution in [0.1, 0.15) is 24.3 Å². The number of aromatic nitrogens is 2. The van der Waals surface area contributed by atoms with Gasteiger partial charge in [-0.25, -0.2) is 4.98 Å². The van der Waals surface area contributed by atoms with E-state index in [9.17, 15) is 0 Å². The predicted octanol–water partition coefficient (Wildman–Crippen LogP) is 3.13. The van der Waals surface area contributed by atoms with Crippen molar-refractivity contribution in [2.24, 2.45) is 0 Å². The molecule has 90 valence electrons. The molecule has 1 fully saturated rings. The number of nitrogens with one attached hydrogen (secondary N) is 1. The number of H-pyrrole nitrogens is 1. The Bertz CT molecular complexity index is 526. The van der Waals surface area contributed by atoms with Gasteiger partial charge in [0.15, 0.2) is 0 Å². The normalized spacial score (nSPS) is 18.9. The van der Waals surface area contributed by atoms with Gasteiger partial charge in [0, 0.05) is 11.6 Å². The zero-order valence-corrected chi connectivity index (χ0v) is 11.5. The van der Waals surface area contributed by atoms with Gasteiger partial charge in [0.05, 0.1) is 0 Å². The highest BCUT2D eigenvalue weighted by molar-refractivity contribution is 9.10. The smallest absolute Gasteiger partial charge is 0.138 e. The highest BCUT2D eigenvalue weighted by Gasteiger charge is 2.21. The third-order valence-electron chi connectivity index (χ3n) is 3.70. The van der Waals surface area contributed by atoms with Gasteiger partial charge in [-0.15, -0.1) is 0 Å². The lowest BCUT2D eigenvalue weighted by molar-refractivity contribution is 0.256. The first-order valence-corrected chi connectivity index (χ1v) is 6.85. The lowest BCUT2D eigenvalue weighted by Crippen LogP contribution is -2.29. The van der Waals surface area contributed by atoms with Crippen LogP contribution in [-0.4, -0.2) is 35.0 Å². The van der Waals surface area contributed by atoms with Crippen molar-refractivity contribution in [1.82, 2.24) is 14.9 Å². The van der Waals surface area contributed by atoms with Gasteiger partial charge < -0.3 is 9.88 Å². The van der Waals surface area contributed by atoms with E-state index in [1.807, 2.05) is 6.07 Å². The monoisotopic (exact) mass is 293 g/mol. The second-order valence-electron chi connectivity index (χ2n) is 4.85. The van der Waals surface area contributed by atoms with Crippen LogP contribution in [0.4, 0.5) is 0 Å². The molecule has 0 aromatic carbocycles. The zero-order chi connectivity index (χ0) is 11.8. The number of likely N-dealkylation sites (tertiary alicyclic amines) is 1. The summed E-state index contributed by atoms with van der Waals surface area (Å²) < 4.78 is 0.891. The SMILES string of the molecule is CN1CCC(c2c[nH]c3nc(Br)ccc23)CC1. The minimum atomic E-state index is 0.683. The fourth-order valence-electron chi connectivity index (χ4n) is 2.66. The molecule has 0 unspecified atom stereocenters. The lowest BCUT2D eigenvalue weighted by atomic mass is 9.90. The highest BCUT2D eigenvalue weighted by atomic mass is 79.9. The third kappa shape index (κ3) is 2.11. The maximum absolute atomic E-state index is 4.46. The molecule has 0 radical (unpaired) electrons. The quantitative estimate of drug-likeness (QED) is 0.819. The van der Waals surface area contributed by atoms with E-state index >= 15 is 0 Å². The van der Waals surface area contributed by atoms with E-state index in [1.165, 1.54) is 36.9 Å². The Hall–Kier alpha value is -0.870. The Morgan fingerprint density at radius 2 is 2.12 bits per heavy atom. The average molecular weight is 294 g/mol. The Morgan fingerprint density at radius 1 is 1.35 bits per heavy atom. The topological polar surface area (TPSA) is 31.9 Å². The van der Waals surface area contributed by atoms with Crippen LogP contribution in [0.2, 0.25) is 0 Å². The van der Waals surface area contributed by atoms with Crippen LogP contribution in [0.3, 0.4) is 0 Å². The molecule has 0 aliphatic carbocycles. The summed E-state index contributed by atoms with van der Waals surface area (Å²) in [6.07, 6.45) is 4.64. The molecule has 1 aliphatic heterocycles. The first-order chi connectivity index (χ1) is 8.24. The fraction of sp³-hybridized carbons (Fsp3) is 0.462. The zero-order valence-electron chi connectivity index (χ0n) is 9.91. The van der Waals surface area contributed by atoms with E-state index in [1.54, 1.807) is 0 Å². The van der Waals surface area contributed by atoms with Crippen LogP contribution < -0.4 is 0 Å². The van der Waals surface area contributed by atoms with Gasteiger partial charge in [-0.2, -0.15) is 0 Å². The van der Waals surface area contributed by atoms with Gasteiger partial charge in [-0.05, 0) is 72.5 Å². The molecule has 0 saturated carbocycles. The fourth-order valence-corrected chi connectivity index (χ4v) is 2.97. The lowest BCUT2D eigenvalue weighted by Gasteiger charge is -2.28. The molecule has 0 spiro atoms. The van der Waals surface area contributed by atoms with Gasteiger partial charge >= 0.3 is 0 Å². The number of fused-ring (bicyclic) bond motifs is 1. The molecular formula is C13H16BrN3. The van der Waals surface area contributed by atoms with Gasteiger partial charge in [-0.1, -0.05) is 0 Å². The first kappa shape index (κ1) is 11.2. The highest BCUT2D eigenvalue weighted by Crippen LogP contribution is 2.32. The van der Waals surface area contributed by atoms with Gasteiger partial charge in [0.2, 0.25) is 0 Å². The number of piperidine rings is 1. The van der Waals surface area contributed by atoms with Crippen LogP contribution in [-0.2, 0) is 0 Å². The Labute approximate surface area is 109 Å². The first-order valence-electron chi connectivity index (χ1n) is 6.06. The van der Waals surface area contributed by atoms with Crippen molar-refractivity contribution in [3.8, 4) is 0 Å². The predicted molar refractivity (Wildman–Crippen MR) is 73.3 cm³/mol. The van der Waals surface area contributed by atoms with E-state index in [0.717, 1.165) is 10.3 Å². The number of rotatable bonds is 1. The molecule has 0 bridgehead atoms. The Balaban J connectivity index is 1.95. The number of hydrogen-bond acceptors (Lipinski definition) is 2. The molecule has 0 amide bonds. The molecule has 3 rings (SSSR count). The number of nitrogens with zero attached hydrogens (tertiary/aromatic N) is 2. The number of pyridine rings is 1. The second kappa shape index (κ2) is 4.42. The molecule has 1 N–H and O–H groups in total. The van der Waals surface area contributed by atoms with Crippen molar-refractivity contribution in [1.29, 1.82) is 0 Å². The molecule has 17 heavy (non-hydrogen) atoms. The molecule has 4 heteroatoms. The molecule has 1 aliphatic rings. The molecule has 3 heterocycles.